The Hall–Kier alpha value is -1.10. The lowest BCUT2D eigenvalue weighted by Gasteiger charge is -1.86. The molecule has 1 aromatic rings. The SMILES string of the molecule is CCc1csc(N=C(N)N)n1. The Bertz CT molecular complexity index is 261. The first-order valence-corrected chi connectivity index (χ1v) is 4.14. The molecule has 0 atom stereocenters. The molecular formula is C6H10N4S. The van der Waals surface area contributed by atoms with E-state index in [0.717, 1.165) is 12.1 Å². The predicted octanol–water partition coefficient (Wildman–Crippen LogP) is 0.610. The molecule has 4 nitrogen and oxygen atoms in total. The van der Waals surface area contributed by atoms with Crippen molar-refractivity contribution in [1.82, 2.24) is 4.98 Å². The zero-order valence-electron chi connectivity index (χ0n) is 6.24. The minimum Gasteiger partial charge on any atom is -0.370 e. The maximum Gasteiger partial charge on any atom is 0.212 e. The number of aromatic nitrogens is 1. The number of hydrogen-bond acceptors (Lipinski definition) is 3. The normalized spacial score (nSPS) is 9.55. The van der Waals surface area contributed by atoms with Gasteiger partial charge < -0.3 is 11.5 Å². The Balaban J connectivity index is 2.81. The highest BCUT2D eigenvalue weighted by atomic mass is 32.1. The van der Waals surface area contributed by atoms with Gasteiger partial charge in [0, 0.05) is 5.38 Å². The Morgan fingerprint density at radius 2 is 2.45 bits per heavy atom. The highest BCUT2D eigenvalue weighted by Crippen LogP contribution is 2.18. The van der Waals surface area contributed by atoms with Gasteiger partial charge in [0.05, 0.1) is 5.69 Å². The van der Waals surface area contributed by atoms with E-state index in [1.807, 2.05) is 12.3 Å². The zero-order valence-corrected chi connectivity index (χ0v) is 7.06. The molecule has 11 heavy (non-hydrogen) atoms. The maximum atomic E-state index is 5.17. The predicted molar refractivity (Wildman–Crippen MR) is 47.0 cm³/mol. The monoisotopic (exact) mass is 170 g/mol. The summed E-state index contributed by atoms with van der Waals surface area (Å²) in [6, 6.07) is 0. The number of hydrogen-bond donors (Lipinski definition) is 2. The van der Waals surface area contributed by atoms with Crippen LogP contribution in [0, 0.1) is 0 Å². The molecule has 1 aromatic heterocycles. The fourth-order valence-corrected chi connectivity index (χ4v) is 1.41. The molecule has 60 valence electrons. The van der Waals surface area contributed by atoms with E-state index in [-0.39, 0.29) is 5.96 Å². The summed E-state index contributed by atoms with van der Waals surface area (Å²) in [5.41, 5.74) is 11.4. The van der Waals surface area contributed by atoms with Crippen LogP contribution in [-0.4, -0.2) is 10.9 Å². The van der Waals surface area contributed by atoms with Crippen molar-refractivity contribution >= 4 is 22.4 Å². The first-order valence-electron chi connectivity index (χ1n) is 3.26. The third-order valence-electron chi connectivity index (χ3n) is 1.13. The highest BCUT2D eigenvalue weighted by molar-refractivity contribution is 7.13. The third kappa shape index (κ3) is 2.19. The molecule has 0 radical (unpaired) electrons. The first-order chi connectivity index (χ1) is 5.22. The average Bonchev–Trinajstić information content (AvgIpc) is 2.34. The standard InChI is InChI=1S/C6H10N4S/c1-2-4-3-11-6(9-4)10-5(7)8/h3H,2H2,1H3,(H4,7,8,9,10). The lowest BCUT2D eigenvalue weighted by molar-refractivity contribution is 1.06. The lowest BCUT2D eigenvalue weighted by Crippen LogP contribution is -2.21. The summed E-state index contributed by atoms with van der Waals surface area (Å²) in [6.45, 7) is 2.04. The van der Waals surface area contributed by atoms with E-state index in [4.69, 9.17) is 11.5 Å². The van der Waals surface area contributed by atoms with Gasteiger partial charge in [-0.05, 0) is 6.42 Å². The summed E-state index contributed by atoms with van der Waals surface area (Å²) in [4.78, 5) is 7.95. The Morgan fingerprint density at radius 1 is 1.73 bits per heavy atom. The van der Waals surface area contributed by atoms with E-state index < -0.39 is 0 Å². The Morgan fingerprint density at radius 3 is 2.91 bits per heavy atom. The molecule has 0 amide bonds. The van der Waals surface area contributed by atoms with Crippen LogP contribution >= 0.6 is 11.3 Å². The second-order valence-electron chi connectivity index (χ2n) is 2.01. The molecule has 1 rings (SSSR count). The Labute approximate surface area is 69.0 Å². The molecule has 4 N–H and O–H groups in total. The molecular weight excluding hydrogens is 160 g/mol. The van der Waals surface area contributed by atoms with Crippen LogP contribution < -0.4 is 11.5 Å². The molecule has 0 unspecified atom stereocenters. The molecule has 0 saturated heterocycles. The highest BCUT2D eigenvalue weighted by Gasteiger charge is 1.97. The second kappa shape index (κ2) is 3.34. The lowest BCUT2D eigenvalue weighted by atomic mass is 10.4. The number of guanidine groups is 1. The second-order valence-corrected chi connectivity index (χ2v) is 2.85. The molecule has 0 aliphatic rings. The van der Waals surface area contributed by atoms with Gasteiger partial charge in [-0.15, -0.1) is 11.3 Å². The van der Waals surface area contributed by atoms with Crippen LogP contribution in [0.5, 0.6) is 0 Å². The van der Waals surface area contributed by atoms with Gasteiger partial charge in [-0.2, -0.15) is 4.99 Å². The third-order valence-corrected chi connectivity index (χ3v) is 1.91. The summed E-state index contributed by atoms with van der Waals surface area (Å²) >= 11 is 1.44. The quantitative estimate of drug-likeness (QED) is 0.504. The van der Waals surface area contributed by atoms with Crippen molar-refractivity contribution < 1.29 is 0 Å². The largest absolute Gasteiger partial charge is 0.370 e. The van der Waals surface area contributed by atoms with Crippen molar-refractivity contribution in [2.45, 2.75) is 13.3 Å². The Kier molecular flexibility index (Phi) is 2.43. The van der Waals surface area contributed by atoms with Gasteiger partial charge in [-0.3, -0.25) is 0 Å². The fourth-order valence-electron chi connectivity index (χ4n) is 0.620. The van der Waals surface area contributed by atoms with Crippen LogP contribution in [-0.2, 0) is 6.42 Å². The summed E-state index contributed by atoms with van der Waals surface area (Å²) < 4.78 is 0. The van der Waals surface area contributed by atoms with Gasteiger partial charge in [0.2, 0.25) is 5.13 Å². The molecule has 0 bridgehead atoms. The number of nitrogens with zero attached hydrogens (tertiary/aromatic N) is 2. The minimum absolute atomic E-state index is 0.0574. The minimum atomic E-state index is 0.0574. The van der Waals surface area contributed by atoms with E-state index in [2.05, 4.69) is 9.98 Å². The topological polar surface area (TPSA) is 77.3 Å². The first kappa shape index (κ1) is 8.00. The van der Waals surface area contributed by atoms with Crippen molar-refractivity contribution in [2.75, 3.05) is 0 Å². The van der Waals surface area contributed by atoms with Crippen molar-refractivity contribution in [3.05, 3.63) is 11.1 Å². The van der Waals surface area contributed by atoms with E-state index in [0.29, 0.717) is 5.13 Å². The summed E-state index contributed by atoms with van der Waals surface area (Å²) in [6.07, 6.45) is 0.913. The van der Waals surface area contributed by atoms with Crippen molar-refractivity contribution in [1.29, 1.82) is 0 Å². The molecule has 1 heterocycles. The zero-order chi connectivity index (χ0) is 8.27. The molecule has 0 aromatic carbocycles. The van der Waals surface area contributed by atoms with Crippen molar-refractivity contribution in [3.63, 3.8) is 0 Å². The number of nitrogens with two attached hydrogens (primary N) is 2. The van der Waals surface area contributed by atoms with Crippen molar-refractivity contribution in [3.8, 4) is 0 Å². The smallest absolute Gasteiger partial charge is 0.212 e. The van der Waals surface area contributed by atoms with Gasteiger partial charge in [0.25, 0.3) is 0 Å². The van der Waals surface area contributed by atoms with Gasteiger partial charge in [0.1, 0.15) is 0 Å². The summed E-state index contributed by atoms with van der Waals surface area (Å²) in [5.74, 6) is 0.0574. The van der Waals surface area contributed by atoms with Crippen LogP contribution in [0.1, 0.15) is 12.6 Å². The molecule has 0 aliphatic heterocycles. The number of aryl methyl sites for hydroxylation is 1. The average molecular weight is 170 g/mol. The fraction of sp³-hybridized carbons (Fsp3) is 0.333. The van der Waals surface area contributed by atoms with Gasteiger partial charge in [-0.25, -0.2) is 4.98 Å². The van der Waals surface area contributed by atoms with Gasteiger partial charge >= 0.3 is 0 Å². The van der Waals surface area contributed by atoms with E-state index in [1.165, 1.54) is 11.3 Å². The summed E-state index contributed by atoms with van der Waals surface area (Å²) in [7, 11) is 0. The molecule has 5 heteroatoms. The number of rotatable bonds is 2. The number of aliphatic imine (C=N–C) groups is 1. The van der Waals surface area contributed by atoms with Gasteiger partial charge in [-0.1, -0.05) is 6.92 Å². The van der Waals surface area contributed by atoms with Crippen LogP contribution in [0.4, 0.5) is 5.13 Å². The molecule has 0 spiro atoms. The van der Waals surface area contributed by atoms with E-state index in [9.17, 15) is 0 Å². The van der Waals surface area contributed by atoms with Crippen LogP contribution in [0.25, 0.3) is 0 Å². The molecule has 0 fully saturated rings. The summed E-state index contributed by atoms with van der Waals surface area (Å²) in [5, 5.41) is 2.57. The number of thiazole rings is 1. The van der Waals surface area contributed by atoms with Gasteiger partial charge in [0.15, 0.2) is 5.96 Å². The van der Waals surface area contributed by atoms with E-state index >= 15 is 0 Å². The molecule has 0 aliphatic carbocycles. The van der Waals surface area contributed by atoms with E-state index in [1.54, 1.807) is 0 Å². The van der Waals surface area contributed by atoms with Crippen LogP contribution in [0.2, 0.25) is 0 Å². The molecule has 0 saturated carbocycles. The maximum absolute atomic E-state index is 5.17. The van der Waals surface area contributed by atoms with Crippen LogP contribution in [0.15, 0.2) is 10.4 Å². The van der Waals surface area contributed by atoms with Crippen molar-refractivity contribution in [2.24, 2.45) is 16.5 Å². The van der Waals surface area contributed by atoms with Crippen LogP contribution in [0.3, 0.4) is 0 Å².